The second kappa shape index (κ2) is 5.97. The van der Waals surface area contributed by atoms with E-state index in [0.29, 0.717) is 6.54 Å². The average Bonchev–Trinajstić information content (AvgIpc) is 2.04. The van der Waals surface area contributed by atoms with Crippen LogP contribution in [0.25, 0.3) is 0 Å². The molecule has 0 fully saturated rings. The molecule has 0 aliphatic carbocycles. The van der Waals surface area contributed by atoms with Crippen molar-refractivity contribution in [1.82, 2.24) is 4.90 Å². The van der Waals surface area contributed by atoms with Crippen molar-refractivity contribution >= 4 is 5.91 Å². The fraction of sp³-hybridized carbons (Fsp3) is 0.875. The molecule has 0 saturated carbocycles. The summed E-state index contributed by atoms with van der Waals surface area (Å²) in [5.41, 5.74) is 5.37. The molecule has 12 heavy (non-hydrogen) atoms. The van der Waals surface area contributed by atoms with Gasteiger partial charge in [0.25, 0.3) is 0 Å². The summed E-state index contributed by atoms with van der Waals surface area (Å²) in [4.78, 5) is 12.9. The summed E-state index contributed by atoms with van der Waals surface area (Å²) < 4.78 is 4.73. The first-order chi connectivity index (χ1) is 5.63. The highest BCUT2D eigenvalue weighted by atomic mass is 16.5. The quantitative estimate of drug-likeness (QED) is 0.629. The van der Waals surface area contributed by atoms with Gasteiger partial charge in [0.1, 0.15) is 6.61 Å². The highest BCUT2D eigenvalue weighted by molar-refractivity contribution is 5.77. The predicted molar refractivity (Wildman–Crippen MR) is 47.8 cm³/mol. The molecule has 0 heterocycles. The van der Waals surface area contributed by atoms with Crippen molar-refractivity contribution in [2.75, 3.05) is 27.3 Å². The van der Waals surface area contributed by atoms with Crippen molar-refractivity contribution in [3.63, 3.8) is 0 Å². The molecule has 0 saturated heterocycles. The molecule has 1 atom stereocenters. The number of rotatable bonds is 5. The summed E-state index contributed by atoms with van der Waals surface area (Å²) >= 11 is 0. The maximum atomic E-state index is 11.2. The lowest BCUT2D eigenvalue weighted by Crippen LogP contribution is -2.38. The highest BCUT2D eigenvalue weighted by Gasteiger charge is 2.13. The number of carbonyl (C=O) groups excluding carboxylic acids is 1. The Morgan fingerprint density at radius 3 is 2.67 bits per heavy atom. The normalized spacial score (nSPS) is 12.7. The lowest BCUT2D eigenvalue weighted by Gasteiger charge is -2.24. The molecule has 1 unspecified atom stereocenters. The maximum absolute atomic E-state index is 11.2. The third-order valence-electron chi connectivity index (χ3n) is 1.91. The van der Waals surface area contributed by atoms with Crippen molar-refractivity contribution in [1.29, 1.82) is 0 Å². The molecule has 2 N–H and O–H groups in total. The number of ether oxygens (including phenoxy) is 1. The summed E-state index contributed by atoms with van der Waals surface area (Å²) in [7, 11) is 3.28. The van der Waals surface area contributed by atoms with Crippen LogP contribution in [0.5, 0.6) is 0 Å². The van der Waals surface area contributed by atoms with Gasteiger partial charge in [0.05, 0.1) is 0 Å². The highest BCUT2D eigenvalue weighted by Crippen LogP contribution is 1.99. The fourth-order valence-corrected chi connectivity index (χ4v) is 0.906. The Morgan fingerprint density at radius 2 is 2.25 bits per heavy atom. The topological polar surface area (TPSA) is 55.6 Å². The van der Waals surface area contributed by atoms with Gasteiger partial charge < -0.3 is 15.4 Å². The van der Waals surface area contributed by atoms with Crippen LogP contribution in [-0.4, -0.2) is 44.2 Å². The summed E-state index contributed by atoms with van der Waals surface area (Å²) in [6.07, 6.45) is 0.825. The van der Waals surface area contributed by atoms with Gasteiger partial charge in [-0.2, -0.15) is 0 Å². The minimum absolute atomic E-state index is 0.00144. The van der Waals surface area contributed by atoms with Crippen LogP contribution in [0.3, 0.4) is 0 Å². The van der Waals surface area contributed by atoms with E-state index in [9.17, 15) is 4.79 Å². The Hall–Kier alpha value is -0.610. The molecule has 0 radical (unpaired) electrons. The molecule has 0 aromatic heterocycles. The number of hydrogen-bond donors (Lipinski definition) is 1. The predicted octanol–water partition coefficient (Wildman–Crippen LogP) is -0.171. The Labute approximate surface area is 73.7 Å². The van der Waals surface area contributed by atoms with E-state index in [-0.39, 0.29) is 18.6 Å². The van der Waals surface area contributed by atoms with E-state index in [0.717, 1.165) is 6.42 Å². The van der Waals surface area contributed by atoms with Crippen LogP contribution >= 0.6 is 0 Å². The summed E-state index contributed by atoms with van der Waals surface area (Å²) in [6.45, 7) is 2.72. The number of methoxy groups -OCH3 is 1. The first kappa shape index (κ1) is 11.4. The van der Waals surface area contributed by atoms with Gasteiger partial charge in [0, 0.05) is 20.2 Å². The number of nitrogens with two attached hydrogens (primary N) is 1. The Kier molecular flexibility index (Phi) is 5.66. The zero-order chi connectivity index (χ0) is 9.56. The van der Waals surface area contributed by atoms with E-state index >= 15 is 0 Å². The molecular weight excluding hydrogens is 156 g/mol. The van der Waals surface area contributed by atoms with Crippen molar-refractivity contribution < 1.29 is 9.53 Å². The first-order valence-electron chi connectivity index (χ1n) is 4.08. The molecule has 0 aromatic carbocycles. The standard InChI is InChI=1S/C8H18N2O2/c1-7(4-5-9)10(2)8(11)6-12-3/h7H,4-6,9H2,1-3H3. The zero-order valence-corrected chi connectivity index (χ0v) is 8.04. The fourth-order valence-electron chi connectivity index (χ4n) is 0.906. The first-order valence-corrected chi connectivity index (χ1v) is 4.08. The maximum Gasteiger partial charge on any atom is 0.248 e. The van der Waals surface area contributed by atoms with Gasteiger partial charge in [-0.15, -0.1) is 0 Å². The number of carbonyl (C=O) groups is 1. The molecule has 72 valence electrons. The third kappa shape index (κ3) is 3.69. The molecule has 0 rings (SSSR count). The Bertz CT molecular complexity index is 139. The van der Waals surface area contributed by atoms with E-state index in [1.807, 2.05) is 6.92 Å². The van der Waals surface area contributed by atoms with Gasteiger partial charge in [-0.25, -0.2) is 0 Å². The second-order valence-corrected chi connectivity index (χ2v) is 2.86. The van der Waals surface area contributed by atoms with Gasteiger partial charge in [-0.3, -0.25) is 4.79 Å². The number of likely N-dealkylation sites (N-methyl/N-ethyl adjacent to an activating group) is 1. The minimum Gasteiger partial charge on any atom is -0.375 e. The van der Waals surface area contributed by atoms with Gasteiger partial charge in [0.15, 0.2) is 0 Å². The van der Waals surface area contributed by atoms with Crippen LogP contribution in [0.15, 0.2) is 0 Å². The third-order valence-corrected chi connectivity index (χ3v) is 1.91. The molecule has 0 spiro atoms. The second-order valence-electron chi connectivity index (χ2n) is 2.86. The molecule has 0 bridgehead atoms. The molecule has 4 nitrogen and oxygen atoms in total. The lowest BCUT2D eigenvalue weighted by atomic mass is 10.2. The average molecular weight is 174 g/mol. The van der Waals surface area contributed by atoms with E-state index < -0.39 is 0 Å². The smallest absolute Gasteiger partial charge is 0.248 e. The molecule has 0 aliphatic heterocycles. The van der Waals surface area contributed by atoms with Crippen LogP contribution < -0.4 is 5.73 Å². The van der Waals surface area contributed by atoms with Crippen molar-refractivity contribution in [2.24, 2.45) is 5.73 Å². The Morgan fingerprint density at radius 1 is 1.67 bits per heavy atom. The summed E-state index contributed by atoms with van der Waals surface area (Å²) in [5.74, 6) is -0.00144. The van der Waals surface area contributed by atoms with Gasteiger partial charge in [-0.1, -0.05) is 0 Å². The van der Waals surface area contributed by atoms with E-state index in [2.05, 4.69) is 0 Å². The van der Waals surface area contributed by atoms with Crippen molar-refractivity contribution in [3.8, 4) is 0 Å². The number of amides is 1. The minimum atomic E-state index is -0.00144. The SMILES string of the molecule is COCC(=O)N(C)C(C)CCN. The molecule has 4 heteroatoms. The lowest BCUT2D eigenvalue weighted by molar-refractivity contribution is -0.135. The zero-order valence-electron chi connectivity index (χ0n) is 8.04. The summed E-state index contributed by atoms with van der Waals surface area (Å²) in [5, 5.41) is 0. The number of nitrogens with zero attached hydrogens (tertiary/aromatic N) is 1. The molecule has 1 amide bonds. The van der Waals surface area contributed by atoms with E-state index in [1.165, 1.54) is 7.11 Å². The van der Waals surface area contributed by atoms with Gasteiger partial charge in [-0.05, 0) is 19.9 Å². The molecule has 0 aliphatic rings. The van der Waals surface area contributed by atoms with E-state index in [1.54, 1.807) is 11.9 Å². The van der Waals surface area contributed by atoms with Crippen LogP contribution in [0.2, 0.25) is 0 Å². The largest absolute Gasteiger partial charge is 0.375 e. The number of hydrogen-bond acceptors (Lipinski definition) is 3. The van der Waals surface area contributed by atoms with Crippen molar-refractivity contribution in [3.05, 3.63) is 0 Å². The van der Waals surface area contributed by atoms with E-state index in [4.69, 9.17) is 10.5 Å². The van der Waals surface area contributed by atoms with Crippen LogP contribution in [0.1, 0.15) is 13.3 Å². The summed E-state index contributed by atoms with van der Waals surface area (Å²) in [6, 6.07) is 0.192. The van der Waals surface area contributed by atoms with Gasteiger partial charge in [0.2, 0.25) is 5.91 Å². The van der Waals surface area contributed by atoms with Crippen LogP contribution in [-0.2, 0) is 9.53 Å². The molecular formula is C8H18N2O2. The molecule has 0 aromatic rings. The van der Waals surface area contributed by atoms with Crippen LogP contribution in [0, 0.1) is 0 Å². The van der Waals surface area contributed by atoms with Crippen molar-refractivity contribution in [2.45, 2.75) is 19.4 Å². The monoisotopic (exact) mass is 174 g/mol. The Balaban J connectivity index is 3.82. The van der Waals surface area contributed by atoms with Gasteiger partial charge >= 0.3 is 0 Å². The van der Waals surface area contributed by atoms with Crippen LogP contribution in [0.4, 0.5) is 0 Å².